The van der Waals surface area contributed by atoms with Crippen molar-refractivity contribution in [2.75, 3.05) is 11.1 Å². The molecule has 0 unspecified atom stereocenters. The Hall–Kier alpha value is -2.76. The Morgan fingerprint density at radius 2 is 1.89 bits per heavy atom. The Labute approximate surface area is 103 Å². The van der Waals surface area contributed by atoms with Crippen LogP contribution in [-0.4, -0.2) is 10.0 Å². The third-order valence-corrected chi connectivity index (χ3v) is 2.36. The molecule has 0 saturated heterocycles. The van der Waals surface area contributed by atoms with Gasteiger partial charge in [0, 0.05) is 23.5 Å². The maximum absolute atomic E-state index is 10.6. The minimum absolute atomic E-state index is 0.0881. The second-order valence-electron chi connectivity index (χ2n) is 3.71. The Morgan fingerprint density at radius 1 is 1.17 bits per heavy atom. The molecule has 0 spiro atoms. The van der Waals surface area contributed by atoms with E-state index >= 15 is 0 Å². The van der Waals surface area contributed by atoms with Gasteiger partial charge in [0.05, 0.1) is 4.92 Å². The van der Waals surface area contributed by atoms with Gasteiger partial charge in [0.2, 0.25) is 0 Å². The van der Waals surface area contributed by atoms with E-state index in [0.717, 1.165) is 0 Å². The van der Waals surface area contributed by atoms with Crippen molar-refractivity contribution in [2.45, 2.75) is 0 Å². The van der Waals surface area contributed by atoms with Crippen LogP contribution in [-0.2, 0) is 0 Å². The van der Waals surface area contributed by atoms with Crippen LogP contribution in [0.1, 0.15) is 0 Å². The molecule has 0 amide bonds. The fourth-order valence-electron chi connectivity index (χ4n) is 1.55. The lowest BCUT2D eigenvalue weighted by molar-refractivity contribution is -0.383. The largest absolute Gasteiger partial charge is 0.508 e. The monoisotopic (exact) mass is 245 g/mol. The number of benzene rings is 2. The minimum Gasteiger partial charge on any atom is -0.508 e. The van der Waals surface area contributed by atoms with Gasteiger partial charge in [-0.2, -0.15) is 0 Å². The molecule has 0 fully saturated rings. The predicted molar refractivity (Wildman–Crippen MR) is 68.9 cm³/mol. The summed E-state index contributed by atoms with van der Waals surface area (Å²) in [6.45, 7) is 0. The van der Waals surface area contributed by atoms with Crippen molar-refractivity contribution in [1.29, 1.82) is 0 Å². The summed E-state index contributed by atoms with van der Waals surface area (Å²) in [6, 6.07) is 10.9. The number of hydrogen-bond acceptors (Lipinski definition) is 5. The van der Waals surface area contributed by atoms with Gasteiger partial charge in [-0.1, -0.05) is 6.07 Å². The maximum atomic E-state index is 10.6. The maximum Gasteiger partial charge on any atom is 0.292 e. The molecule has 0 aromatic heterocycles. The number of nitro benzene ring substituents is 1. The molecule has 2 aromatic carbocycles. The smallest absolute Gasteiger partial charge is 0.292 e. The molecular weight excluding hydrogens is 234 g/mol. The zero-order chi connectivity index (χ0) is 13.1. The van der Waals surface area contributed by atoms with Gasteiger partial charge in [0.25, 0.3) is 5.69 Å². The van der Waals surface area contributed by atoms with E-state index in [9.17, 15) is 15.2 Å². The summed E-state index contributed by atoms with van der Waals surface area (Å²) in [5.74, 6) is 0.134. The summed E-state index contributed by atoms with van der Waals surface area (Å²) in [5.41, 5.74) is 6.82. The molecule has 6 heteroatoms. The number of phenols is 1. The molecule has 4 N–H and O–H groups in total. The van der Waals surface area contributed by atoms with Crippen LogP contribution in [0.15, 0.2) is 42.5 Å². The highest BCUT2D eigenvalue weighted by atomic mass is 16.6. The van der Waals surface area contributed by atoms with Gasteiger partial charge >= 0.3 is 0 Å². The Balaban J connectivity index is 2.25. The highest BCUT2D eigenvalue weighted by molar-refractivity contribution is 5.70. The minimum atomic E-state index is -0.534. The summed E-state index contributed by atoms with van der Waals surface area (Å²) in [5, 5.41) is 22.9. The van der Waals surface area contributed by atoms with E-state index in [2.05, 4.69) is 5.32 Å². The molecule has 92 valence electrons. The Morgan fingerprint density at radius 3 is 2.50 bits per heavy atom. The molecule has 18 heavy (non-hydrogen) atoms. The van der Waals surface area contributed by atoms with E-state index in [4.69, 9.17) is 5.73 Å². The van der Waals surface area contributed by atoms with Crippen LogP contribution in [0.3, 0.4) is 0 Å². The number of nitro groups is 1. The fourth-order valence-corrected chi connectivity index (χ4v) is 1.55. The molecule has 0 radical (unpaired) electrons. The van der Waals surface area contributed by atoms with Crippen LogP contribution in [0.5, 0.6) is 5.75 Å². The van der Waals surface area contributed by atoms with Crippen LogP contribution >= 0.6 is 0 Å². The molecule has 2 rings (SSSR count). The third-order valence-electron chi connectivity index (χ3n) is 2.36. The second kappa shape index (κ2) is 4.62. The van der Waals surface area contributed by atoms with Crippen molar-refractivity contribution in [3.63, 3.8) is 0 Å². The van der Waals surface area contributed by atoms with E-state index in [1.165, 1.54) is 18.2 Å². The number of rotatable bonds is 3. The summed E-state index contributed by atoms with van der Waals surface area (Å²) < 4.78 is 0. The van der Waals surface area contributed by atoms with E-state index in [-0.39, 0.29) is 17.1 Å². The molecule has 0 atom stereocenters. The van der Waals surface area contributed by atoms with Gasteiger partial charge in [-0.15, -0.1) is 0 Å². The number of nitrogen functional groups attached to an aromatic ring is 1. The van der Waals surface area contributed by atoms with Crippen LogP contribution in [0, 0.1) is 10.1 Å². The first-order valence-electron chi connectivity index (χ1n) is 5.16. The van der Waals surface area contributed by atoms with E-state index in [0.29, 0.717) is 11.4 Å². The first-order valence-corrected chi connectivity index (χ1v) is 5.16. The fraction of sp³-hybridized carbons (Fsp3) is 0. The Kier molecular flexibility index (Phi) is 3.01. The summed E-state index contributed by atoms with van der Waals surface area (Å²) in [4.78, 5) is 10.1. The molecule has 0 aliphatic carbocycles. The number of hydrogen-bond donors (Lipinski definition) is 3. The highest BCUT2D eigenvalue weighted by Crippen LogP contribution is 2.27. The van der Waals surface area contributed by atoms with Gasteiger partial charge in [-0.05, 0) is 24.3 Å². The third kappa shape index (κ3) is 2.49. The van der Waals surface area contributed by atoms with Gasteiger partial charge in [-0.25, -0.2) is 0 Å². The average molecular weight is 245 g/mol. The van der Waals surface area contributed by atoms with Gasteiger partial charge in [-0.3, -0.25) is 10.1 Å². The summed E-state index contributed by atoms with van der Waals surface area (Å²) >= 11 is 0. The number of phenolic OH excluding ortho intramolecular Hbond substituents is 1. The van der Waals surface area contributed by atoms with E-state index in [1.54, 1.807) is 24.3 Å². The molecule has 2 aromatic rings. The molecule has 0 aliphatic heterocycles. The molecule has 0 aliphatic rings. The van der Waals surface area contributed by atoms with Gasteiger partial charge < -0.3 is 16.2 Å². The first-order chi connectivity index (χ1) is 8.56. The van der Waals surface area contributed by atoms with Crippen molar-refractivity contribution in [2.24, 2.45) is 0 Å². The average Bonchev–Trinajstić information content (AvgIpc) is 2.28. The van der Waals surface area contributed by atoms with E-state index < -0.39 is 4.92 Å². The highest BCUT2D eigenvalue weighted by Gasteiger charge is 2.10. The van der Waals surface area contributed by atoms with Crippen molar-refractivity contribution in [3.05, 3.63) is 52.6 Å². The molecule has 0 saturated carbocycles. The number of nitrogens with two attached hydrogens (primary N) is 1. The van der Waals surface area contributed by atoms with Crippen LogP contribution < -0.4 is 11.1 Å². The standard InChI is InChI=1S/C12H11N3O3/c13-11-7-9(4-5-12(11)15(17)18)14-8-2-1-3-10(16)6-8/h1-7,14,16H,13H2. The molecule has 6 nitrogen and oxygen atoms in total. The van der Waals surface area contributed by atoms with Crippen LogP contribution in [0.4, 0.5) is 22.7 Å². The normalized spacial score (nSPS) is 10.0. The predicted octanol–water partition coefficient (Wildman–Crippen LogP) is 2.63. The van der Waals surface area contributed by atoms with Gasteiger partial charge in [0.1, 0.15) is 11.4 Å². The number of aromatic hydroxyl groups is 1. The summed E-state index contributed by atoms with van der Waals surface area (Å²) in [7, 11) is 0. The molecule has 0 heterocycles. The number of anilines is 3. The Bertz CT molecular complexity index is 599. The lowest BCUT2D eigenvalue weighted by Crippen LogP contribution is -1.97. The van der Waals surface area contributed by atoms with Crippen molar-refractivity contribution in [3.8, 4) is 5.75 Å². The molecular formula is C12H11N3O3. The lowest BCUT2D eigenvalue weighted by atomic mass is 10.2. The quantitative estimate of drug-likeness (QED) is 0.438. The SMILES string of the molecule is Nc1cc(Nc2cccc(O)c2)ccc1[N+](=O)[O-]. The van der Waals surface area contributed by atoms with Crippen LogP contribution in [0.2, 0.25) is 0 Å². The number of nitrogens with zero attached hydrogens (tertiary/aromatic N) is 1. The van der Waals surface area contributed by atoms with Crippen LogP contribution in [0.25, 0.3) is 0 Å². The zero-order valence-electron chi connectivity index (χ0n) is 9.33. The second-order valence-corrected chi connectivity index (χ2v) is 3.71. The lowest BCUT2D eigenvalue weighted by Gasteiger charge is -2.07. The van der Waals surface area contributed by atoms with Gasteiger partial charge in [0.15, 0.2) is 0 Å². The summed E-state index contributed by atoms with van der Waals surface area (Å²) in [6.07, 6.45) is 0. The zero-order valence-corrected chi connectivity index (χ0v) is 9.33. The van der Waals surface area contributed by atoms with Crippen molar-refractivity contribution >= 4 is 22.7 Å². The van der Waals surface area contributed by atoms with Crippen molar-refractivity contribution < 1.29 is 10.0 Å². The van der Waals surface area contributed by atoms with E-state index in [1.807, 2.05) is 0 Å². The molecule has 0 bridgehead atoms. The topological polar surface area (TPSA) is 101 Å². The number of nitrogens with one attached hydrogen (secondary N) is 1. The first kappa shape index (κ1) is 11.7. The van der Waals surface area contributed by atoms with Crippen molar-refractivity contribution in [1.82, 2.24) is 0 Å².